The van der Waals surface area contributed by atoms with Crippen molar-refractivity contribution in [2.24, 2.45) is 51.2 Å². The summed E-state index contributed by atoms with van der Waals surface area (Å²) in [7, 11) is 0. The first kappa shape index (κ1) is 24.6. The van der Waals surface area contributed by atoms with E-state index in [9.17, 15) is 4.79 Å². The molecule has 4 fully saturated rings. The van der Waals surface area contributed by atoms with Gasteiger partial charge in [0.2, 0.25) is 0 Å². The molecule has 0 radical (unpaired) electrons. The van der Waals surface area contributed by atoms with Crippen LogP contribution in [0.1, 0.15) is 113 Å². The second-order valence-corrected chi connectivity index (χ2v) is 14.3. The van der Waals surface area contributed by atoms with Crippen LogP contribution >= 0.6 is 0 Å². The summed E-state index contributed by atoms with van der Waals surface area (Å²) in [5.41, 5.74) is 6.39. The first-order valence-corrected chi connectivity index (χ1v) is 14.4. The van der Waals surface area contributed by atoms with Gasteiger partial charge >= 0.3 is 5.97 Å². The third-order valence-electron chi connectivity index (χ3n) is 12.9. The summed E-state index contributed by atoms with van der Waals surface area (Å²) in [5.74, 6) is 3.35. The van der Waals surface area contributed by atoms with E-state index in [0.717, 1.165) is 11.8 Å². The van der Waals surface area contributed by atoms with Gasteiger partial charge in [0, 0.05) is 12.3 Å². The Hall–Kier alpha value is -1.05. The molecule has 8 atom stereocenters. The average molecular weight is 467 g/mol. The lowest BCUT2D eigenvalue weighted by Crippen LogP contribution is -2.63. The highest BCUT2D eigenvalue weighted by atomic mass is 16.5. The highest BCUT2D eigenvalue weighted by Crippen LogP contribution is 2.76. The molecule has 0 saturated heterocycles. The smallest absolute Gasteiger partial charge is 0.302 e. The second kappa shape index (κ2) is 7.97. The van der Waals surface area contributed by atoms with Crippen molar-refractivity contribution in [3.8, 4) is 0 Å². The van der Waals surface area contributed by atoms with E-state index < -0.39 is 0 Å². The Morgan fingerprint density at radius 3 is 2.35 bits per heavy atom. The molecule has 5 rings (SSSR count). The Morgan fingerprint density at radius 2 is 1.71 bits per heavy atom. The molecule has 0 amide bonds. The number of hydrogen-bond acceptors (Lipinski definition) is 2. The van der Waals surface area contributed by atoms with E-state index in [1.54, 1.807) is 12.5 Å². The fourth-order valence-electron chi connectivity index (χ4n) is 11.0. The van der Waals surface area contributed by atoms with Gasteiger partial charge in [-0.05, 0) is 117 Å². The zero-order valence-corrected chi connectivity index (χ0v) is 23.2. The van der Waals surface area contributed by atoms with E-state index in [1.165, 1.54) is 69.8 Å². The highest BCUT2D eigenvalue weighted by molar-refractivity contribution is 5.65. The number of rotatable bonds is 4. The number of fused-ring (bicyclic) bond motifs is 7. The molecule has 0 bridgehead atoms. The summed E-state index contributed by atoms with van der Waals surface area (Å²) in [6.45, 7) is 21.9. The van der Waals surface area contributed by atoms with Crippen molar-refractivity contribution >= 4 is 5.97 Å². The molecule has 2 nitrogen and oxygen atoms in total. The first-order valence-electron chi connectivity index (χ1n) is 14.4. The van der Waals surface area contributed by atoms with E-state index in [2.05, 4.69) is 48.1 Å². The number of allylic oxidation sites excluding steroid dienone is 3. The highest BCUT2D eigenvalue weighted by Gasteiger charge is 2.69. The van der Waals surface area contributed by atoms with E-state index in [0.29, 0.717) is 40.6 Å². The summed E-state index contributed by atoms with van der Waals surface area (Å²) in [6.07, 6.45) is 13.1. The summed E-state index contributed by atoms with van der Waals surface area (Å²) in [6, 6.07) is 0. The molecule has 4 saturated carbocycles. The number of hydrogen-bond donors (Lipinski definition) is 0. The van der Waals surface area contributed by atoms with E-state index in [1.807, 2.05) is 5.57 Å². The van der Waals surface area contributed by atoms with Crippen LogP contribution in [-0.2, 0) is 9.53 Å². The largest absolute Gasteiger partial charge is 0.465 e. The number of carbonyl (C=O) groups excluding carboxylic acids is 1. The quantitative estimate of drug-likeness (QED) is 0.306. The van der Waals surface area contributed by atoms with E-state index >= 15 is 0 Å². The maximum absolute atomic E-state index is 11.8. The van der Waals surface area contributed by atoms with Gasteiger partial charge < -0.3 is 4.74 Å². The van der Waals surface area contributed by atoms with E-state index in [4.69, 9.17) is 4.74 Å². The summed E-state index contributed by atoms with van der Waals surface area (Å²) in [5, 5.41) is 0. The molecular weight excluding hydrogens is 416 g/mol. The van der Waals surface area contributed by atoms with Crippen molar-refractivity contribution in [3.63, 3.8) is 0 Å². The van der Waals surface area contributed by atoms with Crippen LogP contribution in [0, 0.1) is 51.2 Å². The van der Waals surface area contributed by atoms with Gasteiger partial charge in [-0.3, -0.25) is 4.79 Å². The standard InChI is InChI=1S/C32H50O2/c1-20(2)23-11-14-29(6)25(23)13-15-31(8)27(29)10-9-26-28-24(21(3)4)12-16-32(28,19-34-22(5)33)18-17-30(26,31)7/h20,24,26-28H,3,9-19H2,1-2,4-8H3/t24-,26+,27+,28+,29-,30+,31+,32+/m0/s1. The maximum atomic E-state index is 11.8. The average Bonchev–Trinajstić information content (AvgIpc) is 3.31. The molecule has 0 aliphatic heterocycles. The van der Waals surface area contributed by atoms with Crippen LogP contribution in [0.4, 0.5) is 0 Å². The van der Waals surface area contributed by atoms with Gasteiger partial charge in [0.05, 0.1) is 6.61 Å². The molecule has 0 aromatic carbocycles. The fourth-order valence-corrected chi connectivity index (χ4v) is 11.0. The van der Waals surface area contributed by atoms with Gasteiger partial charge in [-0.1, -0.05) is 57.9 Å². The normalized spacial score (nSPS) is 47.6. The van der Waals surface area contributed by atoms with Crippen molar-refractivity contribution in [2.75, 3.05) is 6.61 Å². The van der Waals surface area contributed by atoms with Gasteiger partial charge in [0.25, 0.3) is 0 Å². The summed E-state index contributed by atoms with van der Waals surface area (Å²) < 4.78 is 5.79. The predicted molar refractivity (Wildman–Crippen MR) is 140 cm³/mol. The molecule has 34 heavy (non-hydrogen) atoms. The minimum atomic E-state index is -0.113. The van der Waals surface area contributed by atoms with Gasteiger partial charge in [-0.2, -0.15) is 0 Å². The van der Waals surface area contributed by atoms with Gasteiger partial charge in [0.1, 0.15) is 0 Å². The van der Waals surface area contributed by atoms with Gasteiger partial charge in [-0.15, -0.1) is 0 Å². The second-order valence-electron chi connectivity index (χ2n) is 14.3. The van der Waals surface area contributed by atoms with Crippen molar-refractivity contribution in [1.82, 2.24) is 0 Å². The van der Waals surface area contributed by atoms with Crippen molar-refractivity contribution in [2.45, 2.75) is 113 Å². The first-order chi connectivity index (χ1) is 15.9. The molecule has 2 heteroatoms. The number of esters is 1. The maximum Gasteiger partial charge on any atom is 0.302 e. The third-order valence-corrected chi connectivity index (χ3v) is 12.9. The summed E-state index contributed by atoms with van der Waals surface area (Å²) in [4.78, 5) is 11.8. The minimum Gasteiger partial charge on any atom is -0.465 e. The van der Waals surface area contributed by atoms with Crippen LogP contribution in [0.2, 0.25) is 0 Å². The van der Waals surface area contributed by atoms with E-state index in [-0.39, 0.29) is 11.4 Å². The van der Waals surface area contributed by atoms with Gasteiger partial charge in [-0.25, -0.2) is 0 Å². The SMILES string of the molecule is C=C(C)[C@@H]1CC[C@]2(COC(C)=O)CC[C@]3(C)[C@H](CC[C@@H]4[C@@]5(C)CCC(C(C)C)=C5CC[C@]43C)[C@@H]12. The Bertz CT molecular complexity index is 912. The van der Waals surface area contributed by atoms with Crippen molar-refractivity contribution < 1.29 is 9.53 Å². The monoisotopic (exact) mass is 466 g/mol. The molecule has 5 aliphatic rings. The Labute approximate surface area is 209 Å². The summed E-state index contributed by atoms with van der Waals surface area (Å²) >= 11 is 0. The number of carbonyl (C=O) groups is 1. The topological polar surface area (TPSA) is 26.3 Å². The molecule has 5 aliphatic carbocycles. The Balaban J connectivity index is 1.53. The van der Waals surface area contributed by atoms with Crippen LogP contribution < -0.4 is 0 Å². The zero-order chi connectivity index (χ0) is 24.7. The van der Waals surface area contributed by atoms with Crippen molar-refractivity contribution in [3.05, 3.63) is 23.3 Å². The minimum absolute atomic E-state index is 0.113. The van der Waals surface area contributed by atoms with Crippen LogP contribution in [0.15, 0.2) is 23.3 Å². The predicted octanol–water partition coefficient (Wildman–Crippen LogP) is 8.52. The third kappa shape index (κ3) is 3.15. The fraction of sp³-hybridized carbons (Fsp3) is 0.844. The molecule has 0 spiro atoms. The lowest BCUT2D eigenvalue weighted by Gasteiger charge is -2.69. The lowest BCUT2D eigenvalue weighted by molar-refractivity contribution is -0.202. The van der Waals surface area contributed by atoms with Crippen LogP contribution in [0.3, 0.4) is 0 Å². The lowest BCUT2D eigenvalue weighted by atomic mass is 9.35. The van der Waals surface area contributed by atoms with Crippen LogP contribution in [0.5, 0.6) is 0 Å². The Kier molecular flexibility index (Phi) is 5.78. The molecule has 190 valence electrons. The molecule has 0 N–H and O–H groups in total. The number of ether oxygens (including phenoxy) is 1. The molecule has 0 aromatic heterocycles. The molecule has 0 heterocycles. The van der Waals surface area contributed by atoms with Crippen molar-refractivity contribution in [1.29, 1.82) is 0 Å². The zero-order valence-electron chi connectivity index (χ0n) is 23.2. The van der Waals surface area contributed by atoms with Crippen LogP contribution in [0.25, 0.3) is 0 Å². The van der Waals surface area contributed by atoms with Gasteiger partial charge in [0.15, 0.2) is 0 Å². The molecular formula is C32H50O2. The van der Waals surface area contributed by atoms with Crippen LogP contribution in [-0.4, -0.2) is 12.6 Å². The Morgan fingerprint density at radius 1 is 0.971 bits per heavy atom. The molecule has 0 unspecified atom stereocenters. The molecule has 0 aromatic rings.